The fourth-order valence-electron chi connectivity index (χ4n) is 6.09. The number of nitrogens with one attached hydrogen (secondary N) is 2. The van der Waals surface area contributed by atoms with E-state index >= 15 is 0 Å². The van der Waals surface area contributed by atoms with Crippen LogP contribution in [-0.4, -0.2) is 76.4 Å². The van der Waals surface area contributed by atoms with Crippen molar-refractivity contribution in [2.24, 2.45) is 11.8 Å². The summed E-state index contributed by atoms with van der Waals surface area (Å²) < 4.78 is 5.64. The summed E-state index contributed by atoms with van der Waals surface area (Å²) in [5.41, 5.74) is 0.723. The predicted molar refractivity (Wildman–Crippen MR) is 149 cm³/mol. The third-order valence-electron chi connectivity index (χ3n) is 7.95. The number of aliphatic hydroxyl groups excluding tert-OH is 1. The van der Waals surface area contributed by atoms with Gasteiger partial charge in [-0.3, -0.25) is 9.69 Å². The van der Waals surface area contributed by atoms with Crippen LogP contribution in [0.1, 0.15) is 64.9 Å². The second-order valence-electron chi connectivity index (χ2n) is 12.1. The van der Waals surface area contributed by atoms with Gasteiger partial charge in [-0.05, 0) is 69.6 Å². The number of aliphatic hydroxyl groups is 1. The minimum Gasteiger partial charge on any atom is -0.445 e. The molecule has 0 bridgehead atoms. The van der Waals surface area contributed by atoms with Gasteiger partial charge in [0.1, 0.15) is 6.10 Å². The highest BCUT2D eigenvalue weighted by molar-refractivity contribution is 7.99. The molecule has 0 radical (unpaired) electrons. The first-order chi connectivity index (χ1) is 17.7. The van der Waals surface area contributed by atoms with Gasteiger partial charge in [0.25, 0.3) is 0 Å². The Morgan fingerprint density at radius 3 is 2.54 bits per heavy atom. The van der Waals surface area contributed by atoms with Crippen molar-refractivity contribution in [3.05, 3.63) is 35.9 Å². The quantitative estimate of drug-likeness (QED) is 0.470. The molecule has 3 fully saturated rings. The van der Waals surface area contributed by atoms with E-state index < -0.39 is 18.2 Å². The Labute approximate surface area is 226 Å². The van der Waals surface area contributed by atoms with E-state index in [0.717, 1.165) is 36.5 Å². The second-order valence-corrected chi connectivity index (χ2v) is 13.3. The number of fused-ring (bicyclic) bond motifs is 1. The van der Waals surface area contributed by atoms with E-state index in [0.29, 0.717) is 24.8 Å². The topological polar surface area (TPSA) is 90.9 Å². The lowest BCUT2D eigenvalue weighted by molar-refractivity contribution is -0.132. The van der Waals surface area contributed by atoms with E-state index in [1.807, 2.05) is 51.1 Å². The molecular formula is C29H45N3O4S. The van der Waals surface area contributed by atoms with Gasteiger partial charge in [0.05, 0.1) is 18.2 Å². The second kappa shape index (κ2) is 12.9. The van der Waals surface area contributed by atoms with Crippen LogP contribution in [-0.2, 0) is 16.0 Å². The Hall–Kier alpha value is -1.77. The Bertz CT molecular complexity index is 887. The molecule has 2 amide bonds. The number of ether oxygens (including phenoxy) is 1. The third kappa shape index (κ3) is 8.36. The van der Waals surface area contributed by atoms with Crippen LogP contribution >= 0.6 is 11.8 Å². The molecule has 6 atom stereocenters. The van der Waals surface area contributed by atoms with Gasteiger partial charge in [-0.15, -0.1) is 0 Å². The molecule has 8 heteroatoms. The van der Waals surface area contributed by atoms with Crippen molar-refractivity contribution < 1.29 is 19.4 Å². The molecule has 0 unspecified atom stereocenters. The number of hydrogen-bond acceptors (Lipinski definition) is 6. The fourth-order valence-corrected chi connectivity index (χ4v) is 7.18. The Kier molecular flexibility index (Phi) is 9.81. The van der Waals surface area contributed by atoms with E-state index in [9.17, 15) is 14.7 Å². The van der Waals surface area contributed by atoms with Crippen molar-refractivity contribution >= 4 is 23.8 Å². The van der Waals surface area contributed by atoms with E-state index in [-0.39, 0.29) is 23.6 Å². The highest BCUT2D eigenvalue weighted by Gasteiger charge is 2.41. The van der Waals surface area contributed by atoms with Crippen molar-refractivity contribution in [3.8, 4) is 0 Å². The van der Waals surface area contributed by atoms with Gasteiger partial charge < -0.3 is 20.5 Å². The summed E-state index contributed by atoms with van der Waals surface area (Å²) in [6.07, 6.45) is 5.65. The van der Waals surface area contributed by atoms with E-state index in [4.69, 9.17) is 4.74 Å². The highest BCUT2D eigenvalue weighted by Crippen LogP contribution is 2.39. The van der Waals surface area contributed by atoms with Crippen molar-refractivity contribution in [2.45, 2.75) is 95.5 Å². The van der Waals surface area contributed by atoms with Gasteiger partial charge in [-0.25, -0.2) is 4.79 Å². The summed E-state index contributed by atoms with van der Waals surface area (Å²) in [4.78, 5) is 28.3. The number of carbonyl (C=O) groups excluding carboxylic acids is 2. The molecule has 1 aliphatic carbocycles. The Balaban J connectivity index is 1.48. The maximum absolute atomic E-state index is 13.4. The SMILES string of the molecule is CC(C)(C)NC(=O)[C@@H]1C[C@@H]2CCCC[C@@H]2CN1C[C@@H](O)[C@H](Cc1ccccc1)NC(=O)O[C@@H]1CCSC1. The Morgan fingerprint density at radius 2 is 1.86 bits per heavy atom. The van der Waals surface area contributed by atoms with Gasteiger partial charge in [0.15, 0.2) is 0 Å². The summed E-state index contributed by atoms with van der Waals surface area (Å²) in [7, 11) is 0. The van der Waals surface area contributed by atoms with Crippen molar-refractivity contribution in [1.82, 2.24) is 15.5 Å². The molecule has 206 valence electrons. The number of alkyl carbamates (subject to hydrolysis) is 1. The number of β-amino-alcohol motifs (C(OH)–C–C–N with tert-alkyl or cyclic N) is 1. The van der Waals surface area contributed by atoms with Gasteiger partial charge >= 0.3 is 6.09 Å². The van der Waals surface area contributed by atoms with Gasteiger partial charge in [-0.2, -0.15) is 11.8 Å². The normalized spacial score (nSPS) is 28.1. The van der Waals surface area contributed by atoms with Crippen LogP contribution in [0.4, 0.5) is 4.79 Å². The van der Waals surface area contributed by atoms with Crippen molar-refractivity contribution in [1.29, 1.82) is 0 Å². The molecule has 0 spiro atoms. The zero-order chi connectivity index (χ0) is 26.4. The number of piperidine rings is 1. The highest BCUT2D eigenvalue weighted by atomic mass is 32.2. The molecule has 0 aromatic heterocycles. The summed E-state index contributed by atoms with van der Waals surface area (Å²) >= 11 is 1.79. The first-order valence-electron chi connectivity index (χ1n) is 14.0. The van der Waals surface area contributed by atoms with Crippen LogP contribution in [0.5, 0.6) is 0 Å². The molecule has 3 aliphatic rings. The number of carbonyl (C=O) groups is 2. The standard InChI is InChI=1S/C29H45N3O4S/c1-29(2,3)31-27(34)25-16-21-11-7-8-12-22(21)17-32(25)18-26(33)24(15-20-9-5-4-6-10-20)30-28(35)36-23-13-14-37-19-23/h4-6,9-10,21-26,33H,7-8,11-19H2,1-3H3,(H,30,35)(H,31,34)/t21-,22+,23+,24-,25-,26+/m0/s1. The molecule has 2 aliphatic heterocycles. The smallest absolute Gasteiger partial charge is 0.407 e. The molecule has 2 saturated heterocycles. The molecule has 37 heavy (non-hydrogen) atoms. The summed E-state index contributed by atoms with van der Waals surface area (Å²) in [5, 5.41) is 17.7. The van der Waals surface area contributed by atoms with Crippen LogP contribution in [0.25, 0.3) is 0 Å². The number of rotatable bonds is 8. The maximum atomic E-state index is 13.4. The first-order valence-corrected chi connectivity index (χ1v) is 15.2. The van der Waals surface area contributed by atoms with Crippen LogP contribution in [0.2, 0.25) is 0 Å². The molecule has 1 aromatic carbocycles. The minimum atomic E-state index is -0.837. The fraction of sp³-hybridized carbons (Fsp3) is 0.724. The van der Waals surface area contributed by atoms with Crippen molar-refractivity contribution in [2.75, 3.05) is 24.6 Å². The summed E-state index contributed by atoms with van der Waals surface area (Å²) in [6.45, 7) is 7.16. The maximum Gasteiger partial charge on any atom is 0.407 e. The van der Waals surface area contributed by atoms with E-state index in [1.165, 1.54) is 25.7 Å². The van der Waals surface area contributed by atoms with Crippen molar-refractivity contribution in [3.63, 3.8) is 0 Å². The number of nitrogens with zero attached hydrogens (tertiary/aromatic N) is 1. The zero-order valence-corrected chi connectivity index (χ0v) is 23.5. The van der Waals surface area contributed by atoms with Crippen LogP contribution in [0, 0.1) is 11.8 Å². The zero-order valence-electron chi connectivity index (χ0n) is 22.7. The number of thioether (sulfide) groups is 1. The van der Waals surface area contributed by atoms with E-state index in [1.54, 1.807) is 11.8 Å². The third-order valence-corrected chi connectivity index (χ3v) is 9.08. The summed E-state index contributed by atoms with van der Waals surface area (Å²) in [5.74, 6) is 2.98. The first kappa shape index (κ1) is 28.2. The van der Waals surface area contributed by atoms with Gasteiger partial charge in [-0.1, -0.05) is 49.6 Å². The average Bonchev–Trinajstić information content (AvgIpc) is 3.35. The molecule has 3 N–H and O–H groups in total. The van der Waals surface area contributed by atoms with Crippen LogP contribution in [0.3, 0.4) is 0 Å². The monoisotopic (exact) mass is 531 g/mol. The summed E-state index contributed by atoms with van der Waals surface area (Å²) in [6, 6.07) is 9.12. The average molecular weight is 532 g/mol. The molecule has 1 aromatic rings. The largest absolute Gasteiger partial charge is 0.445 e. The Morgan fingerprint density at radius 1 is 1.14 bits per heavy atom. The molecule has 4 rings (SSSR count). The lowest BCUT2D eigenvalue weighted by Crippen LogP contribution is -2.60. The van der Waals surface area contributed by atoms with Gasteiger partial charge in [0, 0.05) is 24.4 Å². The molecule has 1 saturated carbocycles. The number of likely N-dealkylation sites (tertiary alicyclic amines) is 1. The number of hydrogen-bond donors (Lipinski definition) is 3. The molecule has 2 heterocycles. The van der Waals surface area contributed by atoms with Crippen LogP contribution < -0.4 is 10.6 Å². The number of amides is 2. The lowest BCUT2D eigenvalue weighted by atomic mass is 9.72. The predicted octanol–water partition coefficient (Wildman–Crippen LogP) is 3.99. The van der Waals surface area contributed by atoms with Crippen LogP contribution in [0.15, 0.2) is 30.3 Å². The lowest BCUT2D eigenvalue weighted by Gasteiger charge is -2.47. The minimum absolute atomic E-state index is 0.0365. The van der Waals surface area contributed by atoms with Gasteiger partial charge in [0.2, 0.25) is 5.91 Å². The number of benzene rings is 1. The van der Waals surface area contributed by atoms with E-state index in [2.05, 4.69) is 15.5 Å². The molecular weight excluding hydrogens is 486 g/mol. The molecule has 7 nitrogen and oxygen atoms in total.